The Hall–Kier alpha value is -3.74. The van der Waals surface area contributed by atoms with Gasteiger partial charge in [-0.1, -0.05) is 0 Å². The molecular weight excluding hydrogens is 394 g/mol. The molecule has 0 aliphatic rings. The summed E-state index contributed by atoms with van der Waals surface area (Å²) in [5.74, 6) is -0.564. The van der Waals surface area contributed by atoms with Crippen LogP contribution >= 0.6 is 0 Å². The second-order valence-corrected chi connectivity index (χ2v) is 7.57. The number of anilines is 1. The number of nitrogens with zero attached hydrogens (tertiary/aromatic N) is 2. The topological polar surface area (TPSA) is 81.3 Å². The van der Waals surface area contributed by atoms with Gasteiger partial charge >= 0.3 is 5.97 Å². The van der Waals surface area contributed by atoms with Gasteiger partial charge in [0.25, 0.3) is 5.91 Å². The minimum atomic E-state index is -0.455. The number of carbonyl (C=O) groups is 3. The van der Waals surface area contributed by atoms with Crippen LogP contribution in [0.15, 0.2) is 67.3 Å². The minimum Gasteiger partial charge on any atom is -0.459 e. The quantitative estimate of drug-likeness (QED) is 0.359. The van der Waals surface area contributed by atoms with Crippen LogP contribution in [0.25, 0.3) is 5.69 Å². The average Bonchev–Trinajstić information content (AvgIpc) is 3.23. The van der Waals surface area contributed by atoms with E-state index in [2.05, 4.69) is 5.32 Å². The molecule has 0 radical (unpaired) electrons. The number of ketones is 1. The fraction of sp³-hybridized carbons (Fsp3) is 0.250. The highest BCUT2D eigenvalue weighted by Crippen LogP contribution is 2.14. The highest BCUT2D eigenvalue weighted by Gasteiger charge is 2.21. The van der Waals surface area contributed by atoms with Gasteiger partial charge in [-0.15, -0.1) is 0 Å². The molecule has 3 rings (SSSR count). The number of rotatable bonds is 7. The number of hydrogen-bond donors (Lipinski definition) is 1. The van der Waals surface area contributed by atoms with Crippen LogP contribution in [0.1, 0.15) is 54.5 Å². The number of carbonyl (C=O) groups excluding carboxylic acids is 3. The minimum absolute atomic E-state index is 0.0178. The van der Waals surface area contributed by atoms with Crippen molar-refractivity contribution in [2.75, 3.05) is 5.32 Å². The third kappa shape index (κ3) is 5.45. The molecule has 0 aliphatic heterocycles. The van der Waals surface area contributed by atoms with Crippen molar-refractivity contribution in [3.63, 3.8) is 0 Å². The molecule has 1 amide bonds. The molecule has 1 aromatic heterocycles. The molecule has 1 N–H and O–H groups in total. The summed E-state index contributed by atoms with van der Waals surface area (Å²) >= 11 is 0. The van der Waals surface area contributed by atoms with E-state index in [1.807, 2.05) is 35.4 Å². The second kappa shape index (κ2) is 9.38. The second-order valence-electron chi connectivity index (χ2n) is 7.57. The highest BCUT2D eigenvalue weighted by molar-refractivity contribution is 5.94. The lowest BCUT2D eigenvalue weighted by atomic mass is 10.1. The Labute approximate surface area is 181 Å². The van der Waals surface area contributed by atoms with Gasteiger partial charge in [-0.2, -0.15) is 0 Å². The van der Waals surface area contributed by atoms with Crippen LogP contribution in [-0.4, -0.2) is 28.3 Å². The van der Waals surface area contributed by atoms with Crippen molar-refractivity contribution < 1.29 is 23.7 Å². The number of nitrogens with one attached hydrogen (secondary N) is 1. The number of Topliss-reactive ketones (excluding diaryl/α,β-unsaturated/α-hetero) is 1. The summed E-state index contributed by atoms with van der Waals surface area (Å²) < 4.78 is 8.83. The maximum Gasteiger partial charge on any atom is 0.338 e. The van der Waals surface area contributed by atoms with Crippen LogP contribution < -0.4 is 9.88 Å². The Morgan fingerprint density at radius 3 is 2.13 bits per heavy atom. The van der Waals surface area contributed by atoms with Crippen molar-refractivity contribution in [3.8, 4) is 5.69 Å². The van der Waals surface area contributed by atoms with Gasteiger partial charge in [0.1, 0.15) is 18.1 Å². The molecule has 0 fully saturated rings. The molecule has 3 aromatic rings. The van der Waals surface area contributed by atoms with Gasteiger partial charge in [0.2, 0.25) is 6.33 Å². The number of amides is 1. The average molecular weight is 420 g/mol. The van der Waals surface area contributed by atoms with Crippen LogP contribution in [0.4, 0.5) is 5.69 Å². The summed E-state index contributed by atoms with van der Waals surface area (Å²) in [6.45, 7) is 6.91. The number of ether oxygens (including phenoxy) is 1. The summed E-state index contributed by atoms with van der Waals surface area (Å²) in [7, 11) is 0. The van der Waals surface area contributed by atoms with Gasteiger partial charge in [-0.25, -0.2) is 13.9 Å². The lowest BCUT2D eigenvalue weighted by Gasteiger charge is -2.11. The van der Waals surface area contributed by atoms with Crippen molar-refractivity contribution in [1.82, 2.24) is 4.57 Å². The predicted molar refractivity (Wildman–Crippen MR) is 116 cm³/mol. The van der Waals surface area contributed by atoms with Gasteiger partial charge in [0.05, 0.1) is 11.7 Å². The third-order valence-electron chi connectivity index (χ3n) is 4.79. The van der Waals surface area contributed by atoms with E-state index in [0.29, 0.717) is 16.8 Å². The molecule has 0 saturated heterocycles. The molecule has 1 heterocycles. The SMILES string of the molecule is CC(=O)c1ccc(-n2cc[n+]([C@H](C)C(=O)Nc3ccc(C(=O)OC(C)C)cc3)c2)cc1. The lowest BCUT2D eigenvalue weighted by molar-refractivity contribution is -0.704. The molecule has 0 aliphatic carbocycles. The highest BCUT2D eigenvalue weighted by atomic mass is 16.5. The molecule has 31 heavy (non-hydrogen) atoms. The molecule has 7 heteroatoms. The first-order valence-electron chi connectivity index (χ1n) is 10.1. The summed E-state index contributed by atoms with van der Waals surface area (Å²) in [5.41, 5.74) is 2.57. The molecule has 0 bridgehead atoms. The van der Waals surface area contributed by atoms with Gasteiger partial charge in [-0.05, 0) is 76.2 Å². The molecule has 0 unspecified atom stereocenters. The van der Waals surface area contributed by atoms with Gasteiger partial charge in [0, 0.05) is 11.3 Å². The molecule has 0 spiro atoms. The molecule has 0 saturated carbocycles. The summed E-state index contributed by atoms with van der Waals surface area (Å²) in [5, 5.41) is 2.86. The fourth-order valence-electron chi connectivity index (χ4n) is 2.97. The monoisotopic (exact) mass is 420 g/mol. The van der Waals surface area contributed by atoms with E-state index in [1.54, 1.807) is 61.7 Å². The number of hydrogen-bond acceptors (Lipinski definition) is 4. The number of esters is 1. The van der Waals surface area contributed by atoms with E-state index in [-0.39, 0.29) is 17.8 Å². The van der Waals surface area contributed by atoms with E-state index < -0.39 is 12.0 Å². The molecule has 2 aromatic carbocycles. The number of aromatic nitrogens is 2. The predicted octanol–water partition coefficient (Wildman–Crippen LogP) is 3.73. The Kier molecular flexibility index (Phi) is 6.65. The van der Waals surface area contributed by atoms with Crippen LogP contribution in [0.3, 0.4) is 0 Å². The zero-order valence-electron chi connectivity index (χ0n) is 18.0. The Morgan fingerprint density at radius 2 is 1.55 bits per heavy atom. The first kappa shape index (κ1) is 22.0. The Bertz CT molecular complexity index is 1080. The van der Waals surface area contributed by atoms with Gasteiger partial charge in [0.15, 0.2) is 11.8 Å². The third-order valence-corrected chi connectivity index (χ3v) is 4.79. The van der Waals surface area contributed by atoms with Crippen molar-refractivity contribution in [3.05, 3.63) is 78.4 Å². The van der Waals surface area contributed by atoms with Crippen molar-refractivity contribution in [2.45, 2.75) is 39.8 Å². The molecule has 160 valence electrons. The zero-order chi connectivity index (χ0) is 22.5. The lowest BCUT2D eigenvalue weighted by Crippen LogP contribution is -2.43. The van der Waals surface area contributed by atoms with Crippen LogP contribution in [-0.2, 0) is 9.53 Å². The van der Waals surface area contributed by atoms with Gasteiger partial charge in [-0.3, -0.25) is 9.59 Å². The molecule has 7 nitrogen and oxygen atoms in total. The van der Waals surface area contributed by atoms with Crippen LogP contribution in [0.2, 0.25) is 0 Å². The molecule has 1 atom stereocenters. The molecular formula is C24H26N3O4+. The standard InChI is InChI=1S/C24H25N3O4/c1-16(2)31-24(30)20-5-9-21(10-6-20)25-23(29)17(3)26-13-14-27(15-26)22-11-7-19(8-12-22)18(4)28/h5-17H,1-4H3/p+1/t17-/m1/s1. The van der Waals surface area contributed by atoms with E-state index in [1.165, 1.54) is 6.92 Å². The van der Waals surface area contributed by atoms with Crippen molar-refractivity contribution >= 4 is 23.3 Å². The summed E-state index contributed by atoms with van der Waals surface area (Å²) in [4.78, 5) is 36.0. The van der Waals surface area contributed by atoms with E-state index in [4.69, 9.17) is 4.74 Å². The normalized spacial score (nSPS) is 11.8. The van der Waals surface area contributed by atoms with Crippen molar-refractivity contribution in [2.24, 2.45) is 0 Å². The van der Waals surface area contributed by atoms with Crippen LogP contribution in [0, 0.1) is 0 Å². The largest absolute Gasteiger partial charge is 0.459 e. The smallest absolute Gasteiger partial charge is 0.338 e. The Balaban J connectivity index is 1.65. The van der Waals surface area contributed by atoms with E-state index in [0.717, 1.165) is 5.69 Å². The van der Waals surface area contributed by atoms with E-state index in [9.17, 15) is 14.4 Å². The summed E-state index contributed by atoms with van der Waals surface area (Å²) in [6, 6.07) is 13.4. The zero-order valence-corrected chi connectivity index (χ0v) is 18.0. The van der Waals surface area contributed by atoms with Crippen molar-refractivity contribution in [1.29, 1.82) is 0 Å². The number of benzene rings is 2. The number of imidazole rings is 1. The summed E-state index contributed by atoms with van der Waals surface area (Å²) in [6.07, 6.45) is 5.29. The first-order valence-corrected chi connectivity index (χ1v) is 10.1. The first-order chi connectivity index (χ1) is 14.7. The van der Waals surface area contributed by atoms with E-state index >= 15 is 0 Å². The Morgan fingerprint density at radius 1 is 0.935 bits per heavy atom. The van der Waals surface area contributed by atoms with Crippen LogP contribution in [0.5, 0.6) is 0 Å². The van der Waals surface area contributed by atoms with Gasteiger partial charge < -0.3 is 10.1 Å². The fourth-order valence-corrected chi connectivity index (χ4v) is 2.97. The maximum absolute atomic E-state index is 12.7. The maximum atomic E-state index is 12.7.